The van der Waals surface area contributed by atoms with Gasteiger partial charge in [-0.15, -0.1) is 0 Å². The Balaban J connectivity index is 2.03. The molecule has 1 aromatic rings. The second kappa shape index (κ2) is 4.58. The lowest BCUT2D eigenvalue weighted by Gasteiger charge is -2.35. The summed E-state index contributed by atoms with van der Waals surface area (Å²) in [5, 5.41) is 9.95. The average molecular weight is 350 g/mol. The number of aliphatic hydroxyl groups excluding tert-OH is 1. The van der Waals surface area contributed by atoms with E-state index in [9.17, 15) is 5.11 Å². The van der Waals surface area contributed by atoms with E-state index in [0.29, 0.717) is 6.42 Å². The number of aliphatic hydroxyl groups is 1. The van der Waals surface area contributed by atoms with Crippen molar-refractivity contribution in [3.05, 3.63) is 33.8 Å². The summed E-state index contributed by atoms with van der Waals surface area (Å²) in [7, 11) is 1.65. The monoisotopic (exact) mass is 349 g/mol. The van der Waals surface area contributed by atoms with Gasteiger partial charge in [0.25, 0.3) is 0 Å². The van der Waals surface area contributed by atoms with Crippen LogP contribution in [0.15, 0.2) is 27.7 Å². The molecular weight excluding hydrogens is 334 g/mol. The topological polar surface area (TPSA) is 51.0 Å². The van der Waals surface area contributed by atoms with Crippen LogP contribution in [0.25, 0.3) is 0 Å². The van der Waals surface area contributed by atoms with Gasteiger partial charge in [-0.1, -0.05) is 12.2 Å². The molecule has 1 aliphatic carbocycles. The highest BCUT2D eigenvalue weighted by Gasteiger charge is 2.52. The van der Waals surface area contributed by atoms with E-state index in [2.05, 4.69) is 27.0 Å². The minimum atomic E-state index is -0.447. The van der Waals surface area contributed by atoms with Crippen LogP contribution in [0, 0.1) is 0 Å². The van der Waals surface area contributed by atoms with Crippen molar-refractivity contribution in [2.24, 2.45) is 4.99 Å². The van der Waals surface area contributed by atoms with E-state index in [1.165, 1.54) is 0 Å². The molecule has 5 heteroatoms. The standard InChI is InChI=1S/C16H16BrNO3/c1-20-12-7-11(17)10-8-18-5-4-16-3-2-9(19)6-13(16)21-15(12)14(10)16/h2-3,7-9,13,19H,4-6H2,1H3/t9-,13+,16+/m1/s1. The maximum atomic E-state index is 9.95. The highest BCUT2D eigenvalue weighted by atomic mass is 79.9. The second-order valence-electron chi connectivity index (χ2n) is 5.77. The third-order valence-electron chi connectivity index (χ3n) is 4.70. The van der Waals surface area contributed by atoms with E-state index in [1.54, 1.807) is 7.11 Å². The molecule has 3 atom stereocenters. The molecule has 0 radical (unpaired) electrons. The lowest BCUT2D eigenvalue weighted by molar-refractivity contribution is 0.0856. The summed E-state index contributed by atoms with van der Waals surface area (Å²) in [6, 6.07) is 1.93. The molecule has 1 aromatic carbocycles. The van der Waals surface area contributed by atoms with Crippen LogP contribution in [0.5, 0.6) is 11.5 Å². The zero-order valence-corrected chi connectivity index (χ0v) is 13.3. The predicted molar refractivity (Wildman–Crippen MR) is 83.6 cm³/mol. The summed E-state index contributed by atoms with van der Waals surface area (Å²) in [4.78, 5) is 4.51. The van der Waals surface area contributed by atoms with Gasteiger partial charge in [0.05, 0.1) is 18.6 Å². The van der Waals surface area contributed by atoms with Gasteiger partial charge >= 0.3 is 0 Å². The fraction of sp³-hybridized carbons (Fsp3) is 0.438. The van der Waals surface area contributed by atoms with Gasteiger partial charge in [0, 0.05) is 34.8 Å². The Hall–Kier alpha value is -1.33. The molecule has 2 aliphatic heterocycles. The Morgan fingerprint density at radius 3 is 3.19 bits per heavy atom. The molecule has 4 rings (SSSR count). The summed E-state index contributed by atoms with van der Waals surface area (Å²) >= 11 is 3.62. The molecule has 0 saturated heterocycles. The largest absolute Gasteiger partial charge is 0.493 e. The smallest absolute Gasteiger partial charge is 0.166 e. The van der Waals surface area contributed by atoms with Crippen molar-refractivity contribution in [1.82, 2.24) is 0 Å². The maximum Gasteiger partial charge on any atom is 0.166 e. The summed E-state index contributed by atoms with van der Waals surface area (Å²) in [6.07, 6.45) is 6.90. The molecule has 3 aliphatic rings. The molecule has 4 nitrogen and oxygen atoms in total. The van der Waals surface area contributed by atoms with Crippen LogP contribution in [0.3, 0.4) is 0 Å². The normalized spacial score (nSPS) is 32.1. The van der Waals surface area contributed by atoms with Crippen molar-refractivity contribution in [1.29, 1.82) is 0 Å². The van der Waals surface area contributed by atoms with Crippen LogP contribution in [0.4, 0.5) is 0 Å². The number of benzene rings is 1. The number of hydrogen-bond donors (Lipinski definition) is 1. The second-order valence-corrected chi connectivity index (χ2v) is 6.63. The fourth-order valence-electron chi connectivity index (χ4n) is 3.69. The minimum absolute atomic E-state index is 0.0591. The Morgan fingerprint density at radius 2 is 2.38 bits per heavy atom. The van der Waals surface area contributed by atoms with Gasteiger partial charge in [-0.2, -0.15) is 0 Å². The van der Waals surface area contributed by atoms with Crippen molar-refractivity contribution >= 4 is 22.1 Å². The maximum absolute atomic E-state index is 9.95. The summed E-state index contributed by atoms with van der Waals surface area (Å²) in [6.45, 7) is 0.753. The lowest BCUT2D eigenvalue weighted by atomic mass is 9.69. The summed E-state index contributed by atoms with van der Waals surface area (Å²) in [5.74, 6) is 1.53. The molecule has 2 heterocycles. The van der Waals surface area contributed by atoms with Crippen LogP contribution in [0.1, 0.15) is 24.0 Å². The van der Waals surface area contributed by atoms with Crippen molar-refractivity contribution in [3.63, 3.8) is 0 Å². The van der Waals surface area contributed by atoms with Crippen molar-refractivity contribution in [2.45, 2.75) is 30.5 Å². The van der Waals surface area contributed by atoms with E-state index in [1.807, 2.05) is 18.4 Å². The predicted octanol–water partition coefficient (Wildman–Crippen LogP) is 2.60. The molecular formula is C16H16BrNO3. The number of nitrogens with zero attached hydrogens (tertiary/aromatic N) is 1. The number of methoxy groups -OCH3 is 1. The molecule has 21 heavy (non-hydrogen) atoms. The molecule has 0 fully saturated rings. The highest BCUT2D eigenvalue weighted by molar-refractivity contribution is 9.10. The average Bonchev–Trinajstić information content (AvgIpc) is 2.67. The first-order valence-corrected chi connectivity index (χ1v) is 7.90. The fourth-order valence-corrected chi connectivity index (χ4v) is 4.20. The molecule has 0 unspecified atom stereocenters. The van der Waals surface area contributed by atoms with Gasteiger partial charge in [-0.3, -0.25) is 4.99 Å². The zero-order valence-electron chi connectivity index (χ0n) is 11.7. The van der Waals surface area contributed by atoms with Crippen molar-refractivity contribution < 1.29 is 14.6 Å². The molecule has 110 valence electrons. The third-order valence-corrected chi connectivity index (χ3v) is 5.36. The first-order chi connectivity index (χ1) is 10.2. The first-order valence-electron chi connectivity index (χ1n) is 7.10. The van der Waals surface area contributed by atoms with Crippen molar-refractivity contribution in [3.8, 4) is 11.5 Å². The van der Waals surface area contributed by atoms with Crippen LogP contribution in [-0.4, -0.2) is 37.2 Å². The Morgan fingerprint density at radius 1 is 1.52 bits per heavy atom. The zero-order chi connectivity index (χ0) is 14.6. The van der Waals surface area contributed by atoms with E-state index in [0.717, 1.165) is 40.1 Å². The van der Waals surface area contributed by atoms with Crippen LogP contribution < -0.4 is 9.47 Å². The molecule has 0 bridgehead atoms. The number of aliphatic imine (C=N–C) groups is 1. The van der Waals surface area contributed by atoms with E-state index >= 15 is 0 Å². The minimum Gasteiger partial charge on any atom is -0.493 e. The summed E-state index contributed by atoms with van der Waals surface area (Å²) < 4.78 is 12.7. The van der Waals surface area contributed by atoms with E-state index in [4.69, 9.17) is 9.47 Å². The SMILES string of the molecule is COc1cc(Br)c2c3c1O[C@H]1C[C@H](O)C=C[C@@]31CCN=C2. The quantitative estimate of drug-likeness (QED) is 0.793. The third kappa shape index (κ3) is 1.74. The first kappa shape index (κ1) is 13.3. The van der Waals surface area contributed by atoms with Gasteiger partial charge in [0.1, 0.15) is 6.10 Å². The number of ether oxygens (including phenoxy) is 2. The van der Waals surface area contributed by atoms with Gasteiger partial charge in [0.15, 0.2) is 11.5 Å². The van der Waals surface area contributed by atoms with E-state index in [-0.39, 0.29) is 11.5 Å². The summed E-state index contributed by atoms with van der Waals surface area (Å²) in [5.41, 5.74) is 1.99. The van der Waals surface area contributed by atoms with Gasteiger partial charge < -0.3 is 14.6 Å². The lowest BCUT2D eigenvalue weighted by Crippen LogP contribution is -2.42. The van der Waals surface area contributed by atoms with Gasteiger partial charge in [0.2, 0.25) is 0 Å². The van der Waals surface area contributed by atoms with Crippen LogP contribution in [-0.2, 0) is 5.41 Å². The molecule has 0 aromatic heterocycles. The van der Waals surface area contributed by atoms with Gasteiger partial charge in [-0.05, 0) is 28.4 Å². The molecule has 0 amide bonds. The van der Waals surface area contributed by atoms with Gasteiger partial charge in [-0.25, -0.2) is 0 Å². The Bertz CT molecular complexity index is 670. The molecule has 1 spiro atoms. The van der Waals surface area contributed by atoms with Crippen LogP contribution in [0.2, 0.25) is 0 Å². The Labute approximate surface area is 131 Å². The molecule has 0 saturated carbocycles. The Kier molecular flexibility index (Phi) is 2.91. The van der Waals surface area contributed by atoms with Crippen LogP contribution >= 0.6 is 15.9 Å². The number of hydrogen-bond acceptors (Lipinski definition) is 4. The van der Waals surface area contributed by atoms with Crippen molar-refractivity contribution in [2.75, 3.05) is 13.7 Å². The number of rotatable bonds is 1. The molecule has 1 N–H and O–H groups in total. The highest BCUT2D eigenvalue weighted by Crippen LogP contribution is 2.56. The number of halogens is 1. The van der Waals surface area contributed by atoms with E-state index < -0.39 is 6.10 Å².